The zero-order chi connectivity index (χ0) is 8.15. The van der Waals surface area contributed by atoms with Crippen LogP contribution in [0.2, 0.25) is 0 Å². The molecule has 0 amide bonds. The molecule has 0 rings (SSSR count). The maximum atomic E-state index is 10.5. The van der Waals surface area contributed by atoms with Crippen molar-refractivity contribution in [3.05, 3.63) is 0 Å². The molecule has 0 aliphatic carbocycles. The van der Waals surface area contributed by atoms with Gasteiger partial charge in [-0.05, 0) is 6.92 Å². The Balaban J connectivity index is 3.49. The van der Waals surface area contributed by atoms with E-state index in [1.165, 1.54) is 13.8 Å². The average Bonchev–Trinajstić information content (AvgIpc) is 1.82. The van der Waals surface area contributed by atoms with Crippen molar-refractivity contribution in [1.82, 2.24) is 0 Å². The Morgan fingerprint density at radius 1 is 1.50 bits per heavy atom. The van der Waals surface area contributed by atoms with E-state index >= 15 is 0 Å². The van der Waals surface area contributed by atoms with Crippen molar-refractivity contribution in [2.45, 2.75) is 19.9 Å². The van der Waals surface area contributed by atoms with Gasteiger partial charge in [0.05, 0.1) is 6.04 Å². The molecule has 0 aromatic rings. The minimum atomic E-state index is -0.492. The lowest BCUT2D eigenvalue weighted by atomic mass is 10.3. The van der Waals surface area contributed by atoms with E-state index < -0.39 is 6.04 Å². The summed E-state index contributed by atoms with van der Waals surface area (Å²) in [4.78, 5) is 20.9. The second kappa shape index (κ2) is 4.46. The summed E-state index contributed by atoms with van der Waals surface area (Å²) in [5.41, 5.74) is 5.34. The summed E-state index contributed by atoms with van der Waals surface area (Å²) in [5, 5.41) is -0.00306. The minimum absolute atomic E-state index is 0.00306. The number of hydrogen-bond acceptors (Lipinski definition) is 4. The highest BCUT2D eigenvalue weighted by atomic mass is 32.2. The third-order valence-corrected chi connectivity index (χ3v) is 1.92. The van der Waals surface area contributed by atoms with Crippen LogP contribution in [0.1, 0.15) is 13.8 Å². The van der Waals surface area contributed by atoms with Crippen LogP contribution in [0.5, 0.6) is 0 Å². The van der Waals surface area contributed by atoms with E-state index in [0.717, 1.165) is 11.8 Å². The standard InChI is InChI=1S/C6H11NO2S/c1-4(8)6(7)3-10-5(2)9/h6H,3,7H2,1-2H3. The zero-order valence-electron chi connectivity index (χ0n) is 6.09. The summed E-state index contributed by atoms with van der Waals surface area (Å²) >= 11 is 1.08. The Kier molecular flexibility index (Phi) is 4.31. The van der Waals surface area contributed by atoms with Gasteiger partial charge >= 0.3 is 0 Å². The first-order valence-corrected chi connectivity index (χ1v) is 3.92. The number of carbonyl (C=O) groups is 2. The zero-order valence-corrected chi connectivity index (χ0v) is 6.90. The number of rotatable bonds is 3. The van der Waals surface area contributed by atoms with Crippen LogP contribution >= 0.6 is 11.8 Å². The molecule has 1 atom stereocenters. The van der Waals surface area contributed by atoms with E-state index in [0.29, 0.717) is 5.75 Å². The van der Waals surface area contributed by atoms with Crippen molar-refractivity contribution in [2.24, 2.45) is 5.73 Å². The lowest BCUT2D eigenvalue weighted by Gasteiger charge is -2.03. The van der Waals surface area contributed by atoms with Gasteiger partial charge in [0.2, 0.25) is 0 Å². The smallest absolute Gasteiger partial charge is 0.185 e. The van der Waals surface area contributed by atoms with Crippen molar-refractivity contribution in [2.75, 3.05) is 5.75 Å². The van der Waals surface area contributed by atoms with E-state index in [2.05, 4.69) is 0 Å². The van der Waals surface area contributed by atoms with E-state index in [4.69, 9.17) is 5.73 Å². The molecular weight excluding hydrogens is 150 g/mol. The molecule has 0 aromatic heterocycles. The maximum absolute atomic E-state index is 10.5. The van der Waals surface area contributed by atoms with Crippen LogP contribution in [0.25, 0.3) is 0 Å². The molecule has 0 spiro atoms. The number of hydrogen-bond donors (Lipinski definition) is 1. The molecule has 0 radical (unpaired) electrons. The van der Waals surface area contributed by atoms with Gasteiger partial charge in [-0.3, -0.25) is 9.59 Å². The molecule has 0 saturated carbocycles. The van der Waals surface area contributed by atoms with Crippen LogP contribution in [0.4, 0.5) is 0 Å². The monoisotopic (exact) mass is 161 g/mol. The normalized spacial score (nSPS) is 12.7. The van der Waals surface area contributed by atoms with Crippen molar-refractivity contribution >= 4 is 22.7 Å². The lowest BCUT2D eigenvalue weighted by Crippen LogP contribution is -2.31. The summed E-state index contributed by atoms with van der Waals surface area (Å²) < 4.78 is 0. The SMILES string of the molecule is CC(=O)SCC(N)C(C)=O. The van der Waals surface area contributed by atoms with Crippen molar-refractivity contribution in [3.8, 4) is 0 Å². The first kappa shape index (κ1) is 9.65. The molecule has 0 aromatic carbocycles. The van der Waals surface area contributed by atoms with Gasteiger partial charge in [-0.25, -0.2) is 0 Å². The quantitative estimate of drug-likeness (QED) is 0.641. The van der Waals surface area contributed by atoms with Crippen LogP contribution in [0.3, 0.4) is 0 Å². The highest BCUT2D eigenvalue weighted by Gasteiger charge is 2.08. The highest BCUT2D eigenvalue weighted by molar-refractivity contribution is 8.13. The largest absolute Gasteiger partial charge is 0.321 e. The van der Waals surface area contributed by atoms with E-state index in [-0.39, 0.29) is 10.9 Å². The Morgan fingerprint density at radius 3 is 2.30 bits per heavy atom. The van der Waals surface area contributed by atoms with Gasteiger partial charge in [-0.15, -0.1) is 0 Å². The maximum Gasteiger partial charge on any atom is 0.185 e. The molecule has 2 N–H and O–H groups in total. The van der Waals surface area contributed by atoms with Gasteiger partial charge in [-0.2, -0.15) is 0 Å². The second-order valence-electron chi connectivity index (χ2n) is 2.02. The van der Waals surface area contributed by atoms with Crippen LogP contribution in [0.15, 0.2) is 0 Å². The number of thioether (sulfide) groups is 1. The van der Waals surface area contributed by atoms with E-state index in [1.807, 2.05) is 0 Å². The Labute approximate surface area is 64.4 Å². The molecule has 3 nitrogen and oxygen atoms in total. The first-order chi connectivity index (χ1) is 4.54. The second-order valence-corrected chi connectivity index (χ2v) is 3.22. The van der Waals surface area contributed by atoms with Crippen LogP contribution in [-0.2, 0) is 9.59 Å². The fourth-order valence-corrected chi connectivity index (χ4v) is 0.973. The Hall–Kier alpha value is -0.350. The minimum Gasteiger partial charge on any atom is -0.321 e. The predicted octanol–water partition coefficient (Wildman–Crippen LogP) is 0.182. The molecule has 58 valence electrons. The number of ketones is 1. The van der Waals surface area contributed by atoms with Gasteiger partial charge < -0.3 is 5.73 Å². The summed E-state index contributed by atoms with van der Waals surface area (Å²) in [6, 6.07) is -0.492. The van der Waals surface area contributed by atoms with E-state index in [1.54, 1.807) is 0 Å². The first-order valence-electron chi connectivity index (χ1n) is 2.93. The van der Waals surface area contributed by atoms with Gasteiger partial charge in [0.15, 0.2) is 5.12 Å². The molecule has 10 heavy (non-hydrogen) atoms. The molecule has 0 saturated heterocycles. The fourth-order valence-electron chi connectivity index (χ4n) is 0.324. The van der Waals surface area contributed by atoms with Gasteiger partial charge in [0.25, 0.3) is 0 Å². The third-order valence-electron chi connectivity index (χ3n) is 0.988. The average molecular weight is 161 g/mol. The topological polar surface area (TPSA) is 60.2 Å². The van der Waals surface area contributed by atoms with E-state index in [9.17, 15) is 9.59 Å². The predicted molar refractivity (Wildman–Crippen MR) is 41.8 cm³/mol. The fraction of sp³-hybridized carbons (Fsp3) is 0.667. The molecule has 0 aliphatic rings. The Bertz CT molecular complexity index is 147. The molecule has 0 fully saturated rings. The molecule has 0 aliphatic heterocycles. The molecular formula is C6H11NO2S. The highest BCUT2D eigenvalue weighted by Crippen LogP contribution is 2.02. The molecule has 1 unspecified atom stereocenters. The van der Waals surface area contributed by atoms with Gasteiger partial charge in [-0.1, -0.05) is 11.8 Å². The van der Waals surface area contributed by atoms with Crippen LogP contribution in [-0.4, -0.2) is 22.7 Å². The van der Waals surface area contributed by atoms with Crippen LogP contribution < -0.4 is 5.73 Å². The Morgan fingerprint density at radius 2 is 2.00 bits per heavy atom. The summed E-state index contributed by atoms with van der Waals surface area (Å²) in [6.45, 7) is 2.88. The van der Waals surface area contributed by atoms with Crippen LogP contribution in [0, 0.1) is 0 Å². The molecule has 4 heteroatoms. The molecule has 0 heterocycles. The van der Waals surface area contributed by atoms with Crippen molar-refractivity contribution in [3.63, 3.8) is 0 Å². The van der Waals surface area contributed by atoms with Gasteiger partial charge in [0, 0.05) is 12.7 Å². The molecule has 0 bridgehead atoms. The number of nitrogens with two attached hydrogens (primary N) is 1. The van der Waals surface area contributed by atoms with Crippen molar-refractivity contribution < 1.29 is 9.59 Å². The van der Waals surface area contributed by atoms with Gasteiger partial charge in [0.1, 0.15) is 5.78 Å². The summed E-state index contributed by atoms with van der Waals surface area (Å²) in [5.74, 6) is 0.318. The summed E-state index contributed by atoms with van der Waals surface area (Å²) in [6.07, 6.45) is 0. The van der Waals surface area contributed by atoms with Crippen molar-refractivity contribution in [1.29, 1.82) is 0 Å². The lowest BCUT2D eigenvalue weighted by molar-refractivity contribution is -0.117. The number of carbonyl (C=O) groups excluding carboxylic acids is 2. The summed E-state index contributed by atoms with van der Waals surface area (Å²) in [7, 11) is 0. The third kappa shape index (κ3) is 4.52. The number of Topliss-reactive ketones (excluding diaryl/α,β-unsaturated/α-hetero) is 1.